The van der Waals surface area contributed by atoms with Gasteiger partial charge in [0.15, 0.2) is 0 Å². The van der Waals surface area contributed by atoms with Crippen LogP contribution in [0.15, 0.2) is 18.3 Å². The third-order valence-corrected chi connectivity index (χ3v) is 1.69. The minimum Gasteiger partial charge on any atom is -0.506 e. The molecule has 0 saturated carbocycles. The number of hydrogen-bond acceptors (Lipinski definition) is 3. The molecule has 1 aromatic rings. The summed E-state index contributed by atoms with van der Waals surface area (Å²) in [7, 11) is 1.36. The zero-order valence-electron chi connectivity index (χ0n) is 8.12. The second-order valence-corrected chi connectivity index (χ2v) is 3.30. The van der Waals surface area contributed by atoms with Crippen molar-refractivity contribution in [1.29, 1.82) is 0 Å². The van der Waals surface area contributed by atoms with E-state index in [1.54, 1.807) is 0 Å². The normalized spacial score (nSPS) is 12.1. The lowest BCUT2D eigenvalue weighted by Crippen LogP contribution is -2.30. The van der Waals surface area contributed by atoms with Crippen molar-refractivity contribution in [2.75, 3.05) is 13.6 Å². The Morgan fingerprint density at radius 3 is 2.53 bits per heavy atom. The lowest BCUT2D eigenvalue weighted by molar-refractivity contribution is -0.144. The molecule has 1 aromatic heterocycles. The molecule has 84 valence electrons. The SMILES string of the molecule is CN(Cc1ccc(O)cn1)CC(F)(F)F. The van der Waals surface area contributed by atoms with Crippen LogP contribution in [0.5, 0.6) is 5.75 Å². The first kappa shape index (κ1) is 11.8. The van der Waals surface area contributed by atoms with Gasteiger partial charge >= 0.3 is 6.18 Å². The summed E-state index contributed by atoms with van der Waals surface area (Å²) in [5, 5.41) is 8.92. The first-order valence-electron chi connectivity index (χ1n) is 4.26. The first-order valence-corrected chi connectivity index (χ1v) is 4.26. The van der Waals surface area contributed by atoms with Crippen LogP contribution in [0.2, 0.25) is 0 Å². The highest BCUT2D eigenvalue weighted by molar-refractivity contribution is 5.17. The van der Waals surface area contributed by atoms with E-state index in [0.29, 0.717) is 5.69 Å². The summed E-state index contributed by atoms with van der Waals surface area (Å²) in [5.74, 6) is -0.00257. The second kappa shape index (κ2) is 4.48. The van der Waals surface area contributed by atoms with Crippen LogP contribution in [0.25, 0.3) is 0 Å². The van der Waals surface area contributed by atoms with Gasteiger partial charge in [-0.2, -0.15) is 13.2 Å². The minimum atomic E-state index is -4.20. The summed E-state index contributed by atoms with van der Waals surface area (Å²) in [6.45, 7) is -0.880. The zero-order chi connectivity index (χ0) is 11.5. The van der Waals surface area contributed by atoms with Crippen LogP contribution in [0.1, 0.15) is 5.69 Å². The quantitative estimate of drug-likeness (QED) is 0.843. The molecule has 0 atom stereocenters. The van der Waals surface area contributed by atoms with Gasteiger partial charge in [0.25, 0.3) is 0 Å². The zero-order valence-corrected chi connectivity index (χ0v) is 8.12. The Morgan fingerprint density at radius 1 is 1.40 bits per heavy atom. The molecule has 0 aliphatic rings. The Morgan fingerprint density at radius 2 is 2.07 bits per heavy atom. The monoisotopic (exact) mass is 220 g/mol. The summed E-state index contributed by atoms with van der Waals surface area (Å²) in [4.78, 5) is 4.90. The van der Waals surface area contributed by atoms with Crippen LogP contribution in [0.4, 0.5) is 13.2 Å². The number of rotatable bonds is 3. The number of alkyl halides is 3. The molecule has 0 aliphatic carbocycles. The molecular weight excluding hydrogens is 209 g/mol. The topological polar surface area (TPSA) is 36.4 Å². The molecule has 0 amide bonds. The highest BCUT2D eigenvalue weighted by Gasteiger charge is 2.29. The summed E-state index contributed by atoms with van der Waals surface area (Å²) >= 11 is 0. The number of aromatic hydroxyl groups is 1. The van der Waals surface area contributed by atoms with Crippen molar-refractivity contribution in [2.24, 2.45) is 0 Å². The van der Waals surface area contributed by atoms with E-state index in [2.05, 4.69) is 4.98 Å². The van der Waals surface area contributed by atoms with Gasteiger partial charge in [0.2, 0.25) is 0 Å². The molecular formula is C9H11F3N2O. The number of pyridine rings is 1. The molecule has 1 heterocycles. The molecule has 6 heteroatoms. The summed E-state index contributed by atoms with van der Waals surface area (Å²) in [6.07, 6.45) is -3.00. The summed E-state index contributed by atoms with van der Waals surface area (Å²) in [5.41, 5.74) is 0.486. The van der Waals surface area contributed by atoms with Crippen molar-refractivity contribution in [3.8, 4) is 5.75 Å². The van der Waals surface area contributed by atoms with E-state index < -0.39 is 12.7 Å². The Balaban J connectivity index is 2.51. The van der Waals surface area contributed by atoms with Crippen molar-refractivity contribution in [2.45, 2.75) is 12.7 Å². The fourth-order valence-corrected chi connectivity index (χ4v) is 1.15. The Kier molecular flexibility index (Phi) is 3.52. The lowest BCUT2D eigenvalue weighted by Gasteiger charge is -2.17. The highest BCUT2D eigenvalue weighted by atomic mass is 19.4. The van der Waals surface area contributed by atoms with Crippen LogP contribution in [0, 0.1) is 0 Å². The maximum Gasteiger partial charge on any atom is 0.401 e. The van der Waals surface area contributed by atoms with Gasteiger partial charge in [-0.3, -0.25) is 9.88 Å². The molecule has 1 N–H and O–H groups in total. The molecule has 0 saturated heterocycles. The average molecular weight is 220 g/mol. The molecule has 0 fully saturated rings. The highest BCUT2D eigenvalue weighted by Crippen LogP contribution is 2.16. The Labute approximate surface area is 85.2 Å². The third kappa shape index (κ3) is 4.64. The fraction of sp³-hybridized carbons (Fsp3) is 0.444. The number of nitrogens with zero attached hydrogens (tertiary/aromatic N) is 2. The van der Waals surface area contributed by atoms with Gasteiger partial charge in [0.1, 0.15) is 5.75 Å². The van der Waals surface area contributed by atoms with Gasteiger partial charge in [-0.05, 0) is 19.2 Å². The van der Waals surface area contributed by atoms with Gasteiger partial charge in [-0.1, -0.05) is 0 Å². The predicted octanol–water partition coefficient (Wildman–Crippen LogP) is 1.78. The van der Waals surface area contributed by atoms with E-state index in [0.717, 1.165) is 4.90 Å². The molecule has 1 rings (SSSR count). The molecule has 0 bridgehead atoms. The molecule has 0 unspecified atom stereocenters. The van der Waals surface area contributed by atoms with Gasteiger partial charge in [0.05, 0.1) is 18.4 Å². The average Bonchev–Trinajstić information content (AvgIpc) is 2.05. The predicted molar refractivity (Wildman–Crippen MR) is 48.3 cm³/mol. The van der Waals surface area contributed by atoms with E-state index in [9.17, 15) is 13.2 Å². The van der Waals surface area contributed by atoms with Gasteiger partial charge in [-0.15, -0.1) is 0 Å². The molecule has 3 nitrogen and oxygen atoms in total. The lowest BCUT2D eigenvalue weighted by atomic mass is 10.3. The Bertz CT molecular complexity index is 310. The van der Waals surface area contributed by atoms with Crippen molar-refractivity contribution >= 4 is 0 Å². The Hall–Kier alpha value is -1.30. The number of hydrogen-bond donors (Lipinski definition) is 1. The maximum absolute atomic E-state index is 12.0. The van der Waals surface area contributed by atoms with Gasteiger partial charge < -0.3 is 5.11 Å². The van der Waals surface area contributed by atoms with Crippen molar-refractivity contribution < 1.29 is 18.3 Å². The summed E-state index contributed by atoms with van der Waals surface area (Å²) in [6, 6.07) is 2.88. The van der Waals surface area contributed by atoms with Crippen molar-refractivity contribution in [3.05, 3.63) is 24.0 Å². The van der Waals surface area contributed by atoms with E-state index in [-0.39, 0.29) is 12.3 Å². The number of halogens is 3. The second-order valence-electron chi connectivity index (χ2n) is 3.30. The molecule has 0 spiro atoms. The largest absolute Gasteiger partial charge is 0.506 e. The standard InChI is InChI=1S/C9H11F3N2O/c1-14(6-9(10,11)12)5-7-2-3-8(15)4-13-7/h2-4,15H,5-6H2,1H3. The van der Waals surface area contributed by atoms with E-state index in [1.165, 1.54) is 25.4 Å². The van der Waals surface area contributed by atoms with Gasteiger partial charge in [-0.25, -0.2) is 0 Å². The van der Waals surface area contributed by atoms with Crippen LogP contribution in [0.3, 0.4) is 0 Å². The maximum atomic E-state index is 12.0. The van der Waals surface area contributed by atoms with Crippen molar-refractivity contribution in [1.82, 2.24) is 9.88 Å². The van der Waals surface area contributed by atoms with Crippen molar-refractivity contribution in [3.63, 3.8) is 0 Å². The summed E-state index contributed by atoms with van der Waals surface area (Å²) < 4.78 is 35.9. The van der Waals surface area contributed by atoms with E-state index in [1.807, 2.05) is 0 Å². The molecule has 0 aromatic carbocycles. The number of aromatic nitrogens is 1. The van der Waals surface area contributed by atoms with E-state index in [4.69, 9.17) is 5.11 Å². The van der Waals surface area contributed by atoms with Crippen LogP contribution < -0.4 is 0 Å². The van der Waals surface area contributed by atoms with Gasteiger partial charge in [0, 0.05) is 6.54 Å². The molecule has 0 aliphatic heterocycles. The van der Waals surface area contributed by atoms with Crippen LogP contribution >= 0.6 is 0 Å². The smallest absolute Gasteiger partial charge is 0.401 e. The molecule has 15 heavy (non-hydrogen) atoms. The fourth-order valence-electron chi connectivity index (χ4n) is 1.15. The van der Waals surface area contributed by atoms with Crippen LogP contribution in [-0.2, 0) is 6.54 Å². The minimum absolute atomic E-state index is 0.00257. The van der Waals surface area contributed by atoms with Crippen LogP contribution in [-0.4, -0.2) is 34.8 Å². The van der Waals surface area contributed by atoms with E-state index >= 15 is 0 Å². The first-order chi connectivity index (χ1) is 6.87. The third-order valence-electron chi connectivity index (χ3n) is 1.69. The molecule has 0 radical (unpaired) electrons.